The number of anilines is 2. The summed E-state index contributed by atoms with van der Waals surface area (Å²) >= 11 is 0. The minimum Gasteiger partial charge on any atom is -0.465 e. The molecule has 0 unspecified atom stereocenters. The van der Waals surface area contributed by atoms with Gasteiger partial charge >= 0.3 is 5.97 Å². The molecule has 1 heterocycles. The number of hydrogen-bond donors (Lipinski definition) is 2. The molecule has 0 saturated carbocycles. The van der Waals surface area contributed by atoms with Crippen molar-refractivity contribution in [1.29, 1.82) is 0 Å². The Morgan fingerprint density at radius 3 is 2.32 bits per heavy atom. The van der Waals surface area contributed by atoms with E-state index >= 15 is 0 Å². The summed E-state index contributed by atoms with van der Waals surface area (Å²) in [6.07, 6.45) is 3.19. The van der Waals surface area contributed by atoms with Gasteiger partial charge in [0.15, 0.2) is 0 Å². The van der Waals surface area contributed by atoms with Crippen LogP contribution in [0.5, 0.6) is 0 Å². The average molecular weight is 375 g/mol. The molecule has 142 valence electrons. The lowest BCUT2D eigenvalue weighted by Gasteiger charge is -2.09. The predicted molar refractivity (Wildman–Crippen MR) is 108 cm³/mol. The summed E-state index contributed by atoms with van der Waals surface area (Å²) in [5, 5.41) is 6.06. The van der Waals surface area contributed by atoms with Crippen LogP contribution in [0, 0.1) is 6.92 Å². The molecule has 6 heteroatoms. The molecule has 0 aliphatic heterocycles. The number of nitrogens with zero attached hydrogens (tertiary/aromatic N) is 1. The molecular formula is C22H21N3O3. The molecule has 0 atom stereocenters. The van der Waals surface area contributed by atoms with Crippen LogP contribution >= 0.6 is 0 Å². The lowest BCUT2D eigenvalue weighted by molar-refractivity contribution is 0.0600. The Morgan fingerprint density at radius 1 is 0.929 bits per heavy atom. The molecule has 6 nitrogen and oxygen atoms in total. The Balaban J connectivity index is 1.63. The maximum atomic E-state index is 12.5. The van der Waals surface area contributed by atoms with Crippen molar-refractivity contribution in [3.05, 3.63) is 89.2 Å². The van der Waals surface area contributed by atoms with E-state index in [0.717, 1.165) is 11.3 Å². The fourth-order valence-electron chi connectivity index (χ4n) is 2.58. The van der Waals surface area contributed by atoms with Crippen molar-refractivity contribution in [3.8, 4) is 0 Å². The van der Waals surface area contributed by atoms with Gasteiger partial charge in [0.05, 0.1) is 23.9 Å². The van der Waals surface area contributed by atoms with Gasteiger partial charge in [0, 0.05) is 24.6 Å². The summed E-state index contributed by atoms with van der Waals surface area (Å²) in [4.78, 5) is 28.1. The number of benzene rings is 2. The number of aryl methyl sites for hydroxylation is 1. The monoisotopic (exact) mass is 375 g/mol. The molecule has 0 fully saturated rings. The van der Waals surface area contributed by atoms with Crippen molar-refractivity contribution < 1.29 is 14.3 Å². The summed E-state index contributed by atoms with van der Waals surface area (Å²) in [6.45, 7) is 2.69. The number of nitrogens with one attached hydrogen (secondary N) is 2. The normalized spacial score (nSPS) is 10.2. The first-order valence-corrected chi connectivity index (χ1v) is 8.79. The van der Waals surface area contributed by atoms with E-state index in [1.807, 2.05) is 6.92 Å². The van der Waals surface area contributed by atoms with Crippen LogP contribution in [0.15, 0.2) is 67.0 Å². The number of methoxy groups -OCH3 is 1. The zero-order chi connectivity index (χ0) is 19.9. The molecule has 1 amide bonds. The number of hydrogen-bond acceptors (Lipinski definition) is 5. The molecule has 0 aliphatic rings. The van der Waals surface area contributed by atoms with Crippen molar-refractivity contribution in [2.75, 3.05) is 17.7 Å². The van der Waals surface area contributed by atoms with Crippen LogP contribution in [0.25, 0.3) is 0 Å². The Hall–Kier alpha value is -3.67. The van der Waals surface area contributed by atoms with E-state index in [1.165, 1.54) is 18.9 Å². The first-order chi connectivity index (χ1) is 13.5. The van der Waals surface area contributed by atoms with Crippen LogP contribution in [-0.2, 0) is 11.3 Å². The number of carbonyl (C=O) groups is 2. The van der Waals surface area contributed by atoms with Gasteiger partial charge in [0.25, 0.3) is 5.91 Å². The van der Waals surface area contributed by atoms with Gasteiger partial charge in [-0.1, -0.05) is 29.8 Å². The second kappa shape index (κ2) is 8.81. The summed E-state index contributed by atoms with van der Waals surface area (Å²) in [5.74, 6) is -0.702. The third-order valence-corrected chi connectivity index (χ3v) is 4.18. The second-order valence-corrected chi connectivity index (χ2v) is 6.32. The van der Waals surface area contributed by atoms with Crippen LogP contribution in [0.4, 0.5) is 11.4 Å². The molecule has 0 saturated heterocycles. The van der Waals surface area contributed by atoms with Crippen molar-refractivity contribution in [2.24, 2.45) is 0 Å². The van der Waals surface area contributed by atoms with E-state index in [1.54, 1.807) is 36.5 Å². The van der Waals surface area contributed by atoms with Crippen molar-refractivity contribution in [3.63, 3.8) is 0 Å². The van der Waals surface area contributed by atoms with Crippen molar-refractivity contribution >= 4 is 23.3 Å². The zero-order valence-corrected chi connectivity index (χ0v) is 15.7. The van der Waals surface area contributed by atoms with E-state index in [0.29, 0.717) is 23.4 Å². The molecular weight excluding hydrogens is 354 g/mol. The Labute approximate surface area is 163 Å². The van der Waals surface area contributed by atoms with Crippen LogP contribution in [0.2, 0.25) is 0 Å². The maximum absolute atomic E-state index is 12.5. The molecule has 2 N–H and O–H groups in total. The van der Waals surface area contributed by atoms with Gasteiger partial charge in [-0.15, -0.1) is 0 Å². The van der Waals surface area contributed by atoms with Crippen molar-refractivity contribution in [2.45, 2.75) is 13.5 Å². The zero-order valence-electron chi connectivity index (χ0n) is 15.7. The Kier molecular flexibility index (Phi) is 6.01. The van der Waals surface area contributed by atoms with E-state index in [-0.39, 0.29) is 5.91 Å². The number of carbonyl (C=O) groups excluding carboxylic acids is 2. The molecule has 0 spiro atoms. The van der Waals surface area contributed by atoms with E-state index < -0.39 is 5.97 Å². The molecule has 28 heavy (non-hydrogen) atoms. The van der Waals surface area contributed by atoms with E-state index in [9.17, 15) is 9.59 Å². The summed E-state index contributed by atoms with van der Waals surface area (Å²) in [7, 11) is 1.32. The van der Waals surface area contributed by atoms with Crippen LogP contribution in [-0.4, -0.2) is 24.0 Å². The van der Waals surface area contributed by atoms with Crippen LogP contribution in [0.3, 0.4) is 0 Å². The van der Waals surface area contributed by atoms with Gasteiger partial charge < -0.3 is 15.4 Å². The highest BCUT2D eigenvalue weighted by atomic mass is 16.5. The Morgan fingerprint density at radius 2 is 1.64 bits per heavy atom. The first kappa shape index (κ1) is 19.1. The topological polar surface area (TPSA) is 80.3 Å². The van der Waals surface area contributed by atoms with Gasteiger partial charge in [-0.25, -0.2) is 4.79 Å². The molecule has 0 aliphatic carbocycles. The SMILES string of the molecule is COC(=O)c1ccc(NC(=O)c2cncc(NCc3ccc(C)cc3)c2)cc1. The standard InChI is InChI=1S/C22H21N3O3/c1-15-3-5-16(6-4-15)12-24-20-11-18(13-23-14-20)21(26)25-19-9-7-17(8-10-19)22(27)28-2/h3-11,13-14,24H,12H2,1-2H3,(H,25,26). The van der Waals surface area contributed by atoms with Gasteiger partial charge in [-0.2, -0.15) is 0 Å². The molecule has 1 aromatic heterocycles. The lowest BCUT2D eigenvalue weighted by Crippen LogP contribution is -2.13. The third-order valence-electron chi connectivity index (χ3n) is 4.18. The molecule has 0 radical (unpaired) electrons. The fourth-order valence-corrected chi connectivity index (χ4v) is 2.58. The maximum Gasteiger partial charge on any atom is 0.337 e. The number of aromatic nitrogens is 1. The highest BCUT2D eigenvalue weighted by Crippen LogP contribution is 2.15. The summed E-state index contributed by atoms with van der Waals surface area (Å²) < 4.78 is 4.66. The van der Waals surface area contributed by atoms with Crippen molar-refractivity contribution in [1.82, 2.24) is 4.98 Å². The molecule has 2 aromatic carbocycles. The van der Waals surface area contributed by atoms with Crippen LogP contribution < -0.4 is 10.6 Å². The minimum atomic E-state index is -0.422. The smallest absolute Gasteiger partial charge is 0.337 e. The first-order valence-electron chi connectivity index (χ1n) is 8.79. The van der Waals surface area contributed by atoms with E-state index in [4.69, 9.17) is 0 Å². The average Bonchev–Trinajstić information content (AvgIpc) is 2.73. The number of esters is 1. The number of pyridine rings is 1. The summed E-state index contributed by atoms with van der Waals surface area (Å²) in [5.41, 5.74) is 4.55. The number of rotatable bonds is 6. The van der Waals surface area contributed by atoms with Gasteiger partial charge in [0.2, 0.25) is 0 Å². The quantitative estimate of drug-likeness (QED) is 0.636. The summed E-state index contributed by atoms with van der Waals surface area (Å²) in [6, 6.07) is 16.5. The molecule has 3 rings (SSSR count). The predicted octanol–water partition coefficient (Wildman–Crippen LogP) is 4.04. The number of ether oxygens (including phenoxy) is 1. The largest absolute Gasteiger partial charge is 0.465 e. The Bertz CT molecular complexity index is 967. The second-order valence-electron chi connectivity index (χ2n) is 6.32. The minimum absolute atomic E-state index is 0.280. The highest BCUT2D eigenvalue weighted by molar-refractivity contribution is 6.04. The van der Waals surface area contributed by atoms with Gasteiger partial charge in [-0.05, 0) is 42.8 Å². The molecule has 0 bridgehead atoms. The highest BCUT2D eigenvalue weighted by Gasteiger charge is 2.09. The van der Waals surface area contributed by atoms with Gasteiger partial charge in [-0.3, -0.25) is 9.78 Å². The lowest BCUT2D eigenvalue weighted by atomic mass is 10.1. The van der Waals surface area contributed by atoms with E-state index in [2.05, 4.69) is 44.6 Å². The van der Waals surface area contributed by atoms with Gasteiger partial charge in [0.1, 0.15) is 0 Å². The number of amides is 1. The fraction of sp³-hybridized carbons (Fsp3) is 0.136. The third kappa shape index (κ3) is 4.94. The van der Waals surface area contributed by atoms with Crippen LogP contribution in [0.1, 0.15) is 31.8 Å². The molecule has 3 aromatic rings.